The number of ketones is 2. The number of carbonyl (C=O) groups excluding carboxylic acids is 2. The van der Waals surface area contributed by atoms with Crippen LogP contribution in [0.5, 0.6) is 0 Å². The van der Waals surface area contributed by atoms with E-state index < -0.39 is 11.9 Å². The Hall–Kier alpha value is -0.850. The van der Waals surface area contributed by atoms with Gasteiger partial charge in [0.05, 0.1) is 23.9 Å². The number of Topliss-reactive ketones (excluding diaryl/α,β-unsaturated/α-hetero) is 2. The smallest absolute Gasteiger partial charge is 0.161 e. The summed E-state index contributed by atoms with van der Waals surface area (Å²) in [7, 11) is 7.32. The van der Waals surface area contributed by atoms with Crippen molar-refractivity contribution in [2.45, 2.75) is 196 Å². The van der Waals surface area contributed by atoms with Gasteiger partial charge < -0.3 is 34.1 Å². The Bertz CT molecular complexity index is 925. The molecule has 2 aliphatic heterocycles. The van der Waals surface area contributed by atoms with E-state index in [1.807, 2.05) is 76.4 Å². The highest BCUT2D eigenvalue weighted by Crippen LogP contribution is 2.33. The number of nitrogens with zero attached hydrogens (tertiary/aromatic N) is 1. The third-order valence-electron chi connectivity index (χ3n) is 9.29. The van der Waals surface area contributed by atoms with Crippen LogP contribution in [0.2, 0.25) is 0 Å². The van der Waals surface area contributed by atoms with Crippen LogP contribution in [-0.2, 0) is 28.5 Å². The van der Waals surface area contributed by atoms with Gasteiger partial charge in [-0.2, -0.15) is 12.6 Å². The molecule has 12 atom stereocenters. The standard InChI is InChI=1S/C26H44O5S.C8H17NO2.C2H6O.3C2H6/c1-15-10-19(5)30-23(11-15)31-25-17(3)13-21(32)12-16(2)24(28)18(4)14-26(7,29)9-8-22(27)20(25)6;1-6-4-7(9(2)3)5-8(10)11-6;1-3-2;3*1-2/h14-17,19-21,23,25,29,32H,8-13H2,1-7H3;6-8,10H,4-5H2,1-3H3;1-2H3;3*1-2H3/b18-14+;;;;;/t15?,16-,17?,19?,20?,21?,23+,25+,26-;;;;;/m1...../s1. The van der Waals surface area contributed by atoms with E-state index in [-0.39, 0.29) is 72.0 Å². The highest BCUT2D eigenvalue weighted by molar-refractivity contribution is 7.80. The number of ether oxygens (including phenoxy) is 4. The first-order valence-corrected chi connectivity index (χ1v) is 20.7. The minimum absolute atomic E-state index is 0.0127. The fraction of sp³-hybridized carbons (Fsp3) is 0.905. The van der Waals surface area contributed by atoms with Gasteiger partial charge in [-0.3, -0.25) is 9.59 Å². The van der Waals surface area contributed by atoms with Crippen LogP contribution in [0.25, 0.3) is 0 Å². The SMILES string of the molecule is C/C1=C\[C@](C)(O)CCC(=O)C(C)[C@@H](O[C@H]2CC(C)CC(C)O2)C(C)CC(S)C[C@@H](C)C1=O.CC.CC.CC.CC1CC(N(C)C)CC(O)O1.COC. The van der Waals surface area contributed by atoms with Crippen molar-refractivity contribution in [3.8, 4) is 0 Å². The molecule has 0 aromatic carbocycles. The first kappa shape index (κ1) is 55.5. The zero-order chi connectivity index (χ0) is 41.4. The molecule has 3 aliphatic rings. The van der Waals surface area contributed by atoms with Crippen LogP contribution in [0.15, 0.2) is 11.6 Å². The lowest BCUT2D eigenvalue weighted by atomic mass is 9.82. The fourth-order valence-electron chi connectivity index (χ4n) is 6.84. The molecule has 0 amide bonds. The van der Waals surface area contributed by atoms with Gasteiger partial charge in [-0.1, -0.05) is 69.2 Å². The van der Waals surface area contributed by atoms with Gasteiger partial charge in [0.2, 0.25) is 0 Å². The number of aliphatic hydroxyl groups is 2. The van der Waals surface area contributed by atoms with Crippen molar-refractivity contribution >= 4 is 24.2 Å². The molecule has 0 aromatic rings. The molecule has 0 bridgehead atoms. The van der Waals surface area contributed by atoms with Gasteiger partial charge >= 0.3 is 0 Å². The lowest BCUT2D eigenvalue weighted by molar-refractivity contribution is -0.234. The van der Waals surface area contributed by atoms with Crippen molar-refractivity contribution in [1.82, 2.24) is 4.90 Å². The lowest BCUT2D eigenvalue weighted by Gasteiger charge is -2.38. The van der Waals surface area contributed by atoms with Crippen LogP contribution in [0.1, 0.15) is 148 Å². The zero-order valence-corrected chi connectivity index (χ0v) is 37.7. The molecule has 2 heterocycles. The summed E-state index contributed by atoms with van der Waals surface area (Å²) in [6, 6.07) is 0.466. The molecule has 10 heteroatoms. The molecule has 312 valence electrons. The molecule has 0 spiro atoms. The Morgan fingerprint density at radius 3 is 1.85 bits per heavy atom. The fourth-order valence-corrected chi connectivity index (χ4v) is 7.49. The number of aliphatic hydroxyl groups excluding tert-OH is 1. The Kier molecular flexibility index (Phi) is 32.4. The zero-order valence-electron chi connectivity index (χ0n) is 36.8. The van der Waals surface area contributed by atoms with Crippen molar-refractivity contribution in [1.29, 1.82) is 0 Å². The van der Waals surface area contributed by atoms with E-state index in [9.17, 15) is 19.8 Å². The summed E-state index contributed by atoms with van der Waals surface area (Å²) in [6.07, 6.45) is 6.25. The first-order valence-electron chi connectivity index (χ1n) is 20.2. The predicted molar refractivity (Wildman–Crippen MR) is 221 cm³/mol. The molecular weight excluding hydrogens is 679 g/mol. The van der Waals surface area contributed by atoms with Gasteiger partial charge in [0, 0.05) is 56.6 Å². The highest BCUT2D eigenvalue weighted by Gasteiger charge is 2.36. The molecule has 8 unspecified atom stereocenters. The van der Waals surface area contributed by atoms with E-state index in [1.165, 1.54) is 0 Å². The summed E-state index contributed by atoms with van der Waals surface area (Å²) in [6.45, 7) is 27.6. The topological polar surface area (TPSA) is 115 Å². The van der Waals surface area contributed by atoms with Gasteiger partial charge in [0.15, 0.2) is 18.4 Å². The molecule has 2 N–H and O–H groups in total. The number of hydrogen-bond donors (Lipinski definition) is 3. The number of methoxy groups -OCH3 is 1. The van der Waals surface area contributed by atoms with E-state index >= 15 is 0 Å². The highest BCUT2D eigenvalue weighted by atomic mass is 32.1. The van der Waals surface area contributed by atoms with Crippen LogP contribution >= 0.6 is 12.6 Å². The summed E-state index contributed by atoms with van der Waals surface area (Å²) in [5.41, 5.74) is -0.661. The molecule has 3 rings (SSSR count). The third-order valence-corrected chi connectivity index (χ3v) is 9.71. The summed E-state index contributed by atoms with van der Waals surface area (Å²) in [4.78, 5) is 28.1. The second-order valence-corrected chi connectivity index (χ2v) is 15.5. The van der Waals surface area contributed by atoms with Gasteiger partial charge in [-0.05, 0) is 97.4 Å². The van der Waals surface area contributed by atoms with E-state index in [0.717, 1.165) is 32.1 Å². The molecule has 2 saturated heterocycles. The number of allylic oxidation sites excluding steroid dienone is 1. The average Bonchev–Trinajstić information content (AvgIpc) is 3.07. The number of carbonyl (C=O) groups is 2. The van der Waals surface area contributed by atoms with Crippen molar-refractivity contribution in [3.05, 3.63) is 11.6 Å². The van der Waals surface area contributed by atoms with Crippen molar-refractivity contribution < 1.29 is 38.7 Å². The number of rotatable bonds is 3. The van der Waals surface area contributed by atoms with Crippen molar-refractivity contribution in [2.75, 3.05) is 28.3 Å². The normalized spacial score (nSPS) is 36.8. The summed E-state index contributed by atoms with van der Waals surface area (Å²) in [5.74, 6) is 0.192. The molecule has 1 aliphatic carbocycles. The van der Waals surface area contributed by atoms with Gasteiger partial charge in [-0.15, -0.1) is 0 Å². The van der Waals surface area contributed by atoms with Crippen LogP contribution < -0.4 is 0 Å². The number of thiol groups is 1. The van der Waals surface area contributed by atoms with Crippen molar-refractivity contribution in [3.63, 3.8) is 0 Å². The van der Waals surface area contributed by atoms with Gasteiger partial charge in [0.25, 0.3) is 0 Å². The summed E-state index contributed by atoms with van der Waals surface area (Å²) in [5, 5.41) is 20.1. The maximum atomic E-state index is 13.1. The Balaban J connectivity index is -0.000000989. The van der Waals surface area contributed by atoms with Gasteiger partial charge in [-0.25, -0.2) is 0 Å². The van der Waals surface area contributed by atoms with Crippen LogP contribution in [0.4, 0.5) is 0 Å². The summed E-state index contributed by atoms with van der Waals surface area (Å²) >= 11 is 4.79. The van der Waals surface area contributed by atoms with E-state index in [4.69, 9.17) is 26.8 Å². The Labute approximate surface area is 326 Å². The van der Waals surface area contributed by atoms with E-state index in [0.29, 0.717) is 24.0 Å². The summed E-state index contributed by atoms with van der Waals surface area (Å²) < 4.78 is 22.0. The monoisotopic (exact) mass is 764 g/mol. The second kappa shape index (κ2) is 30.4. The average molecular weight is 764 g/mol. The lowest BCUT2D eigenvalue weighted by Crippen LogP contribution is -2.42. The molecule has 0 radical (unpaired) electrons. The quantitative estimate of drug-likeness (QED) is 0.243. The molecule has 0 saturated carbocycles. The Morgan fingerprint density at radius 1 is 0.846 bits per heavy atom. The second-order valence-electron chi connectivity index (χ2n) is 14.8. The molecule has 9 nitrogen and oxygen atoms in total. The molecule has 0 aromatic heterocycles. The van der Waals surface area contributed by atoms with Crippen molar-refractivity contribution in [2.24, 2.45) is 23.7 Å². The predicted octanol–water partition coefficient (Wildman–Crippen LogP) is 8.92. The maximum absolute atomic E-state index is 13.1. The Morgan fingerprint density at radius 2 is 1.37 bits per heavy atom. The molecule has 52 heavy (non-hydrogen) atoms. The molecule has 2 fully saturated rings. The maximum Gasteiger partial charge on any atom is 0.161 e. The minimum atomic E-state index is -1.21. The first-order chi connectivity index (χ1) is 24.3. The van der Waals surface area contributed by atoms with Crippen LogP contribution in [-0.4, -0.2) is 103 Å². The van der Waals surface area contributed by atoms with Crippen LogP contribution in [0.3, 0.4) is 0 Å². The largest absolute Gasteiger partial charge is 0.388 e. The van der Waals surface area contributed by atoms with E-state index in [1.54, 1.807) is 34.1 Å². The van der Waals surface area contributed by atoms with Crippen LogP contribution in [0, 0.1) is 23.7 Å². The van der Waals surface area contributed by atoms with Gasteiger partial charge in [0.1, 0.15) is 5.78 Å². The minimum Gasteiger partial charge on any atom is -0.388 e. The molecular formula is C42H85NO8S. The number of hydrogen-bond acceptors (Lipinski definition) is 10. The third kappa shape index (κ3) is 23.2. The van der Waals surface area contributed by atoms with E-state index in [2.05, 4.69) is 30.4 Å².